The van der Waals surface area contributed by atoms with Crippen molar-refractivity contribution in [3.8, 4) is 16.9 Å². The third-order valence-corrected chi connectivity index (χ3v) is 2.79. The SMILES string of the molecule is COC(=O)Cn1cc(-c2cc(C(F)(F)F)ccc2O)cn1. The van der Waals surface area contributed by atoms with E-state index in [0.717, 1.165) is 18.2 Å². The zero-order valence-electron chi connectivity index (χ0n) is 10.9. The number of nitrogens with zero attached hydrogens (tertiary/aromatic N) is 2. The standard InChI is InChI=1S/C13H11F3N2O3/c1-21-12(20)7-18-6-8(5-17-18)10-4-9(13(14,15)16)2-3-11(10)19/h2-6,19H,7H2,1H3. The first-order valence-electron chi connectivity index (χ1n) is 5.81. The van der Waals surface area contributed by atoms with Gasteiger partial charge in [-0.05, 0) is 18.2 Å². The molecule has 0 fully saturated rings. The molecule has 0 radical (unpaired) electrons. The fourth-order valence-corrected chi connectivity index (χ4v) is 1.73. The summed E-state index contributed by atoms with van der Waals surface area (Å²) >= 11 is 0. The number of hydrogen-bond acceptors (Lipinski definition) is 4. The van der Waals surface area contributed by atoms with Crippen LogP contribution in [-0.4, -0.2) is 28.0 Å². The molecule has 0 aliphatic rings. The molecule has 0 bridgehead atoms. The Bertz CT molecular complexity index is 665. The van der Waals surface area contributed by atoms with E-state index in [-0.39, 0.29) is 23.4 Å². The van der Waals surface area contributed by atoms with E-state index < -0.39 is 17.7 Å². The molecule has 1 N–H and O–H groups in total. The van der Waals surface area contributed by atoms with Gasteiger partial charge >= 0.3 is 12.1 Å². The second-order valence-electron chi connectivity index (χ2n) is 4.23. The quantitative estimate of drug-likeness (QED) is 0.884. The molecule has 1 aromatic carbocycles. The number of rotatable bonds is 3. The summed E-state index contributed by atoms with van der Waals surface area (Å²) in [4.78, 5) is 11.1. The van der Waals surface area contributed by atoms with Crippen LogP contribution in [0.3, 0.4) is 0 Å². The third-order valence-electron chi connectivity index (χ3n) is 2.79. The Kier molecular flexibility index (Phi) is 3.88. The van der Waals surface area contributed by atoms with Gasteiger partial charge in [0.25, 0.3) is 0 Å². The van der Waals surface area contributed by atoms with Gasteiger partial charge in [0, 0.05) is 17.3 Å². The summed E-state index contributed by atoms with van der Waals surface area (Å²) in [5.41, 5.74) is -0.625. The monoisotopic (exact) mass is 300 g/mol. The van der Waals surface area contributed by atoms with Crippen molar-refractivity contribution in [2.75, 3.05) is 7.11 Å². The Morgan fingerprint density at radius 2 is 2.14 bits per heavy atom. The molecule has 0 saturated carbocycles. The highest BCUT2D eigenvalue weighted by molar-refractivity contribution is 5.71. The van der Waals surface area contributed by atoms with Gasteiger partial charge in [0.15, 0.2) is 0 Å². The molecule has 2 aromatic rings. The van der Waals surface area contributed by atoms with Crippen LogP contribution in [0.15, 0.2) is 30.6 Å². The molecule has 1 aromatic heterocycles. The van der Waals surface area contributed by atoms with Gasteiger partial charge in [-0.15, -0.1) is 0 Å². The van der Waals surface area contributed by atoms with Gasteiger partial charge in [0.05, 0.1) is 18.9 Å². The number of phenolic OH excluding ortho intramolecular Hbond substituents is 1. The molecular formula is C13H11F3N2O3. The average molecular weight is 300 g/mol. The maximum absolute atomic E-state index is 12.7. The maximum Gasteiger partial charge on any atom is 0.416 e. The van der Waals surface area contributed by atoms with Crippen molar-refractivity contribution in [1.29, 1.82) is 0 Å². The lowest BCUT2D eigenvalue weighted by molar-refractivity contribution is -0.141. The Hall–Kier alpha value is -2.51. The smallest absolute Gasteiger partial charge is 0.416 e. The van der Waals surface area contributed by atoms with Crippen LogP contribution >= 0.6 is 0 Å². The Labute approximate surface area is 117 Å². The third kappa shape index (κ3) is 3.33. The van der Waals surface area contributed by atoms with E-state index in [0.29, 0.717) is 0 Å². The molecule has 0 amide bonds. The maximum atomic E-state index is 12.7. The number of carbonyl (C=O) groups is 1. The number of aromatic hydroxyl groups is 1. The van der Waals surface area contributed by atoms with Gasteiger partial charge in [-0.3, -0.25) is 9.48 Å². The zero-order valence-corrected chi connectivity index (χ0v) is 10.9. The molecule has 0 aliphatic carbocycles. The summed E-state index contributed by atoms with van der Waals surface area (Å²) < 4.78 is 43.7. The van der Waals surface area contributed by atoms with Crippen molar-refractivity contribution in [2.24, 2.45) is 0 Å². The molecule has 8 heteroatoms. The number of hydrogen-bond donors (Lipinski definition) is 1. The van der Waals surface area contributed by atoms with E-state index in [1.807, 2.05) is 0 Å². The predicted octanol–water partition coefficient (Wildman–Crippen LogP) is 2.45. The van der Waals surface area contributed by atoms with Crippen LogP contribution in [0.5, 0.6) is 5.75 Å². The van der Waals surface area contributed by atoms with Crippen molar-refractivity contribution in [2.45, 2.75) is 12.7 Å². The Morgan fingerprint density at radius 1 is 1.43 bits per heavy atom. The number of alkyl halides is 3. The summed E-state index contributed by atoms with van der Waals surface area (Å²) in [7, 11) is 1.21. The summed E-state index contributed by atoms with van der Waals surface area (Å²) in [6.45, 7) is -0.170. The number of esters is 1. The van der Waals surface area contributed by atoms with E-state index in [1.165, 1.54) is 24.2 Å². The van der Waals surface area contributed by atoms with Gasteiger partial charge in [-0.1, -0.05) is 0 Å². The van der Waals surface area contributed by atoms with E-state index in [1.54, 1.807) is 0 Å². The molecule has 2 rings (SSSR count). The minimum atomic E-state index is -4.51. The van der Waals surface area contributed by atoms with Gasteiger partial charge in [0.1, 0.15) is 12.3 Å². The first-order chi connectivity index (χ1) is 9.81. The first-order valence-corrected chi connectivity index (χ1v) is 5.81. The van der Waals surface area contributed by atoms with Crippen molar-refractivity contribution in [1.82, 2.24) is 9.78 Å². The number of halogens is 3. The first kappa shape index (κ1) is 14.9. The molecule has 0 spiro atoms. The average Bonchev–Trinajstić information content (AvgIpc) is 2.86. The molecular weight excluding hydrogens is 289 g/mol. The Morgan fingerprint density at radius 3 is 2.76 bits per heavy atom. The van der Waals surface area contributed by atoms with Crippen molar-refractivity contribution >= 4 is 5.97 Å². The van der Waals surface area contributed by atoms with Gasteiger partial charge in [0.2, 0.25) is 0 Å². The van der Waals surface area contributed by atoms with Gasteiger partial charge < -0.3 is 9.84 Å². The lowest BCUT2D eigenvalue weighted by atomic mass is 10.0. The van der Waals surface area contributed by atoms with Crippen molar-refractivity contribution < 1.29 is 27.8 Å². The van der Waals surface area contributed by atoms with Crippen molar-refractivity contribution in [3.63, 3.8) is 0 Å². The molecule has 0 atom stereocenters. The van der Waals surface area contributed by atoms with Gasteiger partial charge in [-0.25, -0.2) is 0 Å². The number of methoxy groups -OCH3 is 1. The van der Waals surface area contributed by atoms with Crippen LogP contribution in [0.4, 0.5) is 13.2 Å². The number of aromatic nitrogens is 2. The number of ether oxygens (including phenoxy) is 1. The number of benzene rings is 1. The molecule has 0 saturated heterocycles. The molecule has 112 valence electrons. The highest BCUT2D eigenvalue weighted by Gasteiger charge is 2.31. The van der Waals surface area contributed by atoms with Gasteiger partial charge in [-0.2, -0.15) is 18.3 Å². The summed E-state index contributed by atoms with van der Waals surface area (Å²) in [5, 5.41) is 13.5. The summed E-state index contributed by atoms with van der Waals surface area (Å²) in [6, 6.07) is 2.59. The fourth-order valence-electron chi connectivity index (χ4n) is 1.73. The fraction of sp³-hybridized carbons (Fsp3) is 0.231. The highest BCUT2D eigenvalue weighted by atomic mass is 19.4. The van der Waals surface area contributed by atoms with Crippen molar-refractivity contribution in [3.05, 3.63) is 36.2 Å². The van der Waals surface area contributed by atoms with E-state index in [9.17, 15) is 23.1 Å². The van der Waals surface area contributed by atoms with Crippen LogP contribution in [0.25, 0.3) is 11.1 Å². The minimum absolute atomic E-state index is 0.0130. The normalized spacial score (nSPS) is 11.4. The minimum Gasteiger partial charge on any atom is -0.507 e. The van der Waals surface area contributed by atoms with Crippen LogP contribution in [-0.2, 0) is 22.3 Å². The summed E-state index contributed by atoms with van der Waals surface area (Å²) in [6.07, 6.45) is -1.89. The molecule has 0 unspecified atom stereocenters. The zero-order chi connectivity index (χ0) is 15.6. The number of carbonyl (C=O) groups excluding carboxylic acids is 1. The lowest BCUT2D eigenvalue weighted by Crippen LogP contribution is -2.11. The second-order valence-corrected chi connectivity index (χ2v) is 4.23. The summed E-state index contributed by atoms with van der Waals surface area (Å²) in [5.74, 6) is -0.849. The van der Waals surface area contributed by atoms with E-state index in [2.05, 4.69) is 9.84 Å². The second kappa shape index (κ2) is 5.47. The topological polar surface area (TPSA) is 64.3 Å². The number of phenols is 1. The largest absolute Gasteiger partial charge is 0.507 e. The molecule has 21 heavy (non-hydrogen) atoms. The molecule has 5 nitrogen and oxygen atoms in total. The molecule has 0 aliphatic heterocycles. The molecule has 1 heterocycles. The lowest BCUT2D eigenvalue weighted by Gasteiger charge is -2.09. The van der Waals surface area contributed by atoms with Crippen LogP contribution in [0.1, 0.15) is 5.56 Å². The Balaban J connectivity index is 2.36. The highest BCUT2D eigenvalue weighted by Crippen LogP contribution is 2.36. The van der Waals surface area contributed by atoms with E-state index in [4.69, 9.17) is 0 Å². The predicted molar refractivity (Wildman–Crippen MR) is 66.3 cm³/mol. The van der Waals surface area contributed by atoms with E-state index >= 15 is 0 Å². The van der Waals surface area contributed by atoms with Crippen LogP contribution in [0, 0.1) is 0 Å². The van der Waals surface area contributed by atoms with Crippen LogP contribution < -0.4 is 0 Å². The van der Waals surface area contributed by atoms with Crippen LogP contribution in [0.2, 0.25) is 0 Å².